The Bertz CT molecular complexity index is 483. The van der Waals surface area contributed by atoms with Crippen molar-refractivity contribution in [2.24, 2.45) is 0 Å². The van der Waals surface area contributed by atoms with Crippen molar-refractivity contribution in [1.29, 1.82) is 0 Å². The minimum atomic E-state index is -0.698. The smallest absolute Gasteiger partial charge is 0.347 e. The highest BCUT2D eigenvalue weighted by molar-refractivity contribution is 6.17. The number of carbonyl (C=O) groups is 1. The molecule has 1 unspecified atom stereocenters. The predicted octanol–water partition coefficient (Wildman–Crippen LogP) is 3.65. The van der Waals surface area contributed by atoms with Crippen molar-refractivity contribution in [2.75, 3.05) is 6.61 Å². The third kappa shape index (κ3) is 4.74. The summed E-state index contributed by atoms with van der Waals surface area (Å²) >= 11 is 5.88. The van der Waals surface area contributed by atoms with E-state index < -0.39 is 12.1 Å². The van der Waals surface area contributed by atoms with Crippen molar-refractivity contribution in [1.82, 2.24) is 0 Å². The van der Waals surface area contributed by atoms with Crippen LogP contribution in [0.5, 0.6) is 5.75 Å². The number of carbonyl (C=O) groups excluding carboxylic acids is 1. The molecule has 1 aromatic carbocycles. The van der Waals surface area contributed by atoms with Crippen LogP contribution in [0.2, 0.25) is 0 Å². The van der Waals surface area contributed by atoms with Crippen LogP contribution in [0.25, 0.3) is 0 Å². The Hall–Kier alpha value is -1.74. The Morgan fingerprint density at radius 3 is 2.75 bits per heavy atom. The highest BCUT2D eigenvalue weighted by Gasteiger charge is 2.17. The van der Waals surface area contributed by atoms with E-state index in [1.165, 1.54) is 6.08 Å². The van der Waals surface area contributed by atoms with Gasteiger partial charge in [0.15, 0.2) is 6.10 Å². The van der Waals surface area contributed by atoms with E-state index in [0.717, 1.165) is 17.5 Å². The first kappa shape index (κ1) is 16.3. The Labute approximate surface area is 124 Å². The van der Waals surface area contributed by atoms with Gasteiger partial charge in [-0.1, -0.05) is 30.9 Å². The number of rotatable bonds is 8. The summed E-state index contributed by atoms with van der Waals surface area (Å²) in [6.45, 7) is 9.01. The summed E-state index contributed by atoms with van der Waals surface area (Å²) in [5.41, 5.74) is 1.89. The summed E-state index contributed by atoms with van der Waals surface area (Å²) in [5, 5.41) is 0. The average molecular weight is 295 g/mol. The molecule has 108 valence electrons. The first-order valence-electron chi connectivity index (χ1n) is 6.35. The van der Waals surface area contributed by atoms with Crippen LogP contribution in [-0.2, 0) is 21.8 Å². The zero-order chi connectivity index (χ0) is 15.0. The number of hydrogen-bond acceptors (Lipinski definition) is 3. The second-order valence-corrected chi connectivity index (χ2v) is 4.51. The van der Waals surface area contributed by atoms with Crippen LogP contribution in [0.1, 0.15) is 18.1 Å². The topological polar surface area (TPSA) is 35.5 Å². The van der Waals surface area contributed by atoms with Gasteiger partial charge in [0.2, 0.25) is 0 Å². The Morgan fingerprint density at radius 1 is 1.40 bits per heavy atom. The maximum atomic E-state index is 11.7. The summed E-state index contributed by atoms with van der Waals surface area (Å²) in [7, 11) is 0. The second kappa shape index (κ2) is 8.43. The molecule has 3 nitrogen and oxygen atoms in total. The summed E-state index contributed by atoms with van der Waals surface area (Å²) in [5.74, 6) is 0.486. The molecular formula is C16H19ClO3. The number of allylic oxidation sites excluding steroid dienone is 1. The van der Waals surface area contributed by atoms with Gasteiger partial charge in [-0.05, 0) is 25.0 Å². The maximum Gasteiger partial charge on any atom is 0.347 e. The number of ether oxygens (including phenoxy) is 2. The molecule has 0 saturated heterocycles. The summed E-state index contributed by atoms with van der Waals surface area (Å²) in [6.07, 6.45) is 3.35. The van der Waals surface area contributed by atoms with Gasteiger partial charge in [-0.25, -0.2) is 4.79 Å². The van der Waals surface area contributed by atoms with Crippen LogP contribution in [0.4, 0.5) is 0 Å². The van der Waals surface area contributed by atoms with Gasteiger partial charge in [0.05, 0.1) is 5.88 Å². The Morgan fingerprint density at radius 2 is 2.15 bits per heavy atom. The van der Waals surface area contributed by atoms with Crippen molar-refractivity contribution in [3.8, 4) is 5.75 Å². The quantitative estimate of drug-likeness (QED) is 0.417. The third-order valence-corrected chi connectivity index (χ3v) is 2.92. The molecule has 0 radical (unpaired) electrons. The van der Waals surface area contributed by atoms with Crippen molar-refractivity contribution in [3.05, 3.63) is 54.6 Å². The lowest BCUT2D eigenvalue weighted by atomic mass is 10.1. The van der Waals surface area contributed by atoms with Crippen molar-refractivity contribution in [2.45, 2.75) is 25.3 Å². The number of halogens is 1. The van der Waals surface area contributed by atoms with Crippen molar-refractivity contribution in [3.63, 3.8) is 0 Å². The lowest BCUT2D eigenvalue weighted by Crippen LogP contribution is -2.26. The van der Waals surface area contributed by atoms with E-state index in [4.69, 9.17) is 21.1 Å². The molecule has 1 rings (SSSR count). The molecule has 0 amide bonds. The largest absolute Gasteiger partial charge is 0.479 e. The van der Waals surface area contributed by atoms with Gasteiger partial charge in [-0.15, -0.1) is 18.2 Å². The van der Waals surface area contributed by atoms with Crippen LogP contribution in [0.15, 0.2) is 43.5 Å². The van der Waals surface area contributed by atoms with Crippen LogP contribution in [0.3, 0.4) is 0 Å². The molecule has 1 aromatic rings. The zero-order valence-electron chi connectivity index (χ0n) is 11.6. The molecule has 0 aliphatic carbocycles. The van der Waals surface area contributed by atoms with E-state index in [9.17, 15) is 4.79 Å². The van der Waals surface area contributed by atoms with E-state index in [1.807, 2.05) is 18.2 Å². The van der Waals surface area contributed by atoms with Gasteiger partial charge in [0.25, 0.3) is 0 Å². The number of hydrogen-bond donors (Lipinski definition) is 0. The Kier molecular flexibility index (Phi) is 6.88. The summed E-state index contributed by atoms with van der Waals surface area (Å²) in [4.78, 5) is 11.7. The number of benzene rings is 1. The molecule has 0 saturated carbocycles. The van der Waals surface area contributed by atoms with Gasteiger partial charge >= 0.3 is 5.97 Å². The highest BCUT2D eigenvalue weighted by atomic mass is 35.5. The fourth-order valence-electron chi connectivity index (χ4n) is 1.61. The normalized spacial score (nSPS) is 11.5. The van der Waals surface area contributed by atoms with Crippen LogP contribution in [0, 0.1) is 0 Å². The van der Waals surface area contributed by atoms with Gasteiger partial charge in [-0.2, -0.15) is 0 Å². The average Bonchev–Trinajstić information content (AvgIpc) is 2.45. The predicted molar refractivity (Wildman–Crippen MR) is 81.1 cm³/mol. The van der Waals surface area contributed by atoms with Gasteiger partial charge in [-0.3, -0.25) is 0 Å². The van der Waals surface area contributed by atoms with E-state index in [2.05, 4.69) is 13.2 Å². The van der Waals surface area contributed by atoms with Gasteiger partial charge < -0.3 is 9.47 Å². The molecule has 1 atom stereocenters. The second-order valence-electron chi connectivity index (χ2n) is 4.25. The molecule has 0 aromatic heterocycles. The van der Waals surface area contributed by atoms with E-state index in [1.54, 1.807) is 13.0 Å². The van der Waals surface area contributed by atoms with E-state index in [-0.39, 0.29) is 6.61 Å². The molecule has 0 fully saturated rings. The standard InChI is InChI=1S/C16H19ClO3/c1-4-6-13-7-8-14(11-17)15(10-13)20-12(3)16(18)19-9-5-2/h4-5,7-8,10,12H,1-2,6,9,11H2,3H3. The molecule has 0 spiro atoms. The molecule has 20 heavy (non-hydrogen) atoms. The molecule has 0 bridgehead atoms. The fraction of sp³-hybridized carbons (Fsp3) is 0.312. The minimum Gasteiger partial charge on any atom is -0.479 e. The van der Waals surface area contributed by atoms with Gasteiger partial charge in [0, 0.05) is 5.56 Å². The number of alkyl halides is 1. The maximum absolute atomic E-state index is 11.7. The molecule has 0 aliphatic rings. The van der Waals surface area contributed by atoms with Crippen LogP contribution >= 0.6 is 11.6 Å². The first-order valence-corrected chi connectivity index (χ1v) is 6.88. The molecule has 0 aliphatic heterocycles. The monoisotopic (exact) mass is 294 g/mol. The first-order chi connectivity index (χ1) is 9.62. The summed E-state index contributed by atoms with van der Waals surface area (Å²) in [6, 6.07) is 5.73. The van der Waals surface area contributed by atoms with E-state index in [0.29, 0.717) is 11.6 Å². The molecule has 0 N–H and O–H groups in total. The molecular weight excluding hydrogens is 276 g/mol. The van der Waals surface area contributed by atoms with E-state index >= 15 is 0 Å². The SMILES string of the molecule is C=CCOC(=O)C(C)Oc1cc(CC=C)ccc1CCl. The zero-order valence-corrected chi connectivity index (χ0v) is 12.4. The van der Waals surface area contributed by atoms with Crippen LogP contribution in [-0.4, -0.2) is 18.7 Å². The minimum absolute atomic E-state index is 0.172. The highest BCUT2D eigenvalue weighted by Crippen LogP contribution is 2.24. The lowest BCUT2D eigenvalue weighted by molar-refractivity contribution is -0.149. The Balaban J connectivity index is 2.82. The number of esters is 1. The summed E-state index contributed by atoms with van der Waals surface area (Å²) < 4.78 is 10.6. The van der Waals surface area contributed by atoms with Gasteiger partial charge in [0.1, 0.15) is 12.4 Å². The van der Waals surface area contributed by atoms with Crippen molar-refractivity contribution < 1.29 is 14.3 Å². The van der Waals surface area contributed by atoms with Crippen LogP contribution < -0.4 is 4.74 Å². The fourth-order valence-corrected chi connectivity index (χ4v) is 1.83. The molecule has 0 heterocycles. The lowest BCUT2D eigenvalue weighted by Gasteiger charge is -2.16. The van der Waals surface area contributed by atoms with Crippen molar-refractivity contribution >= 4 is 17.6 Å². The molecule has 4 heteroatoms. The third-order valence-electron chi connectivity index (χ3n) is 2.63.